The van der Waals surface area contributed by atoms with Crippen molar-refractivity contribution in [1.82, 2.24) is 15.2 Å². The highest BCUT2D eigenvalue weighted by Gasteiger charge is 2.48. The molecule has 3 aromatic heterocycles. The minimum absolute atomic E-state index is 0.281. The van der Waals surface area contributed by atoms with Crippen molar-refractivity contribution in [3.05, 3.63) is 40.1 Å². The Morgan fingerprint density at radius 2 is 2.21 bits per heavy atom. The minimum Gasteiger partial charge on any atom is -0.372 e. The molecule has 5 nitrogen and oxygen atoms in total. The van der Waals surface area contributed by atoms with Crippen molar-refractivity contribution in [2.24, 2.45) is 0 Å². The largest absolute Gasteiger partial charge is 0.372 e. The molecular weight excluding hydrogens is 336 g/mol. The van der Waals surface area contributed by atoms with E-state index in [0.29, 0.717) is 21.3 Å². The molecule has 0 radical (unpaired) electrons. The van der Waals surface area contributed by atoms with Gasteiger partial charge in [0.15, 0.2) is 0 Å². The lowest BCUT2D eigenvalue weighted by Gasteiger charge is -2.38. The van der Waals surface area contributed by atoms with Crippen molar-refractivity contribution < 1.29 is 13.5 Å². The van der Waals surface area contributed by atoms with Crippen LogP contribution in [0.1, 0.15) is 24.6 Å². The molecule has 1 unspecified atom stereocenters. The predicted octanol–water partition coefficient (Wildman–Crippen LogP) is 3.42. The first-order valence-electron chi connectivity index (χ1n) is 7.44. The summed E-state index contributed by atoms with van der Waals surface area (Å²) in [6, 6.07) is 1.79. The monoisotopic (exact) mass is 351 g/mol. The number of H-pyrrole nitrogens is 2. The maximum atomic E-state index is 14.3. The average molecular weight is 351 g/mol. The Hall–Kier alpha value is -2.06. The normalized spacial score (nSPS) is 22.7. The van der Waals surface area contributed by atoms with Crippen molar-refractivity contribution in [2.45, 2.75) is 31.3 Å². The average Bonchev–Trinajstić information content (AvgIpc) is 3.16. The predicted molar refractivity (Wildman–Crippen MR) is 87.7 cm³/mol. The van der Waals surface area contributed by atoms with Gasteiger partial charge in [-0.25, -0.2) is 8.78 Å². The van der Waals surface area contributed by atoms with Gasteiger partial charge in [-0.2, -0.15) is 5.10 Å². The molecule has 4 rings (SSSR count). The number of rotatable bonds is 2. The Morgan fingerprint density at radius 1 is 1.42 bits per heavy atom. The number of methoxy groups -OCH3 is 1. The smallest absolute Gasteiger partial charge is 0.266 e. The van der Waals surface area contributed by atoms with Gasteiger partial charge in [0, 0.05) is 42.0 Å². The summed E-state index contributed by atoms with van der Waals surface area (Å²) in [5, 5.41) is 7.18. The van der Waals surface area contributed by atoms with Crippen LogP contribution in [0.2, 0.25) is 0 Å². The summed E-state index contributed by atoms with van der Waals surface area (Å²) in [6.45, 7) is 1.59. The van der Waals surface area contributed by atoms with Crippen LogP contribution in [0, 0.1) is 0 Å². The second kappa shape index (κ2) is 4.97. The molecule has 1 atom stereocenters. The second-order valence-corrected chi connectivity index (χ2v) is 7.34. The zero-order chi connectivity index (χ0) is 17.1. The third kappa shape index (κ3) is 2.21. The summed E-state index contributed by atoms with van der Waals surface area (Å²) in [5.74, 6) is -2.89. The van der Waals surface area contributed by atoms with E-state index < -0.39 is 24.4 Å². The number of aromatic nitrogens is 3. The molecule has 0 fully saturated rings. The molecule has 0 spiro atoms. The fourth-order valence-electron chi connectivity index (χ4n) is 3.40. The van der Waals surface area contributed by atoms with Gasteiger partial charge in [-0.15, -0.1) is 11.3 Å². The first-order chi connectivity index (χ1) is 11.3. The highest BCUT2D eigenvalue weighted by atomic mass is 32.1. The first kappa shape index (κ1) is 15.5. The lowest BCUT2D eigenvalue weighted by atomic mass is 9.80. The Labute approximate surface area is 139 Å². The number of pyridine rings is 1. The van der Waals surface area contributed by atoms with E-state index in [4.69, 9.17) is 4.74 Å². The van der Waals surface area contributed by atoms with Crippen molar-refractivity contribution in [1.29, 1.82) is 0 Å². The Kier molecular flexibility index (Phi) is 3.20. The topological polar surface area (TPSA) is 70.8 Å². The number of hydrogen-bond acceptors (Lipinski definition) is 4. The molecule has 24 heavy (non-hydrogen) atoms. The van der Waals surface area contributed by atoms with Crippen LogP contribution >= 0.6 is 11.3 Å². The first-order valence-corrected chi connectivity index (χ1v) is 8.26. The van der Waals surface area contributed by atoms with E-state index in [1.807, 2.05) is 0 Å². The summed E-state index contributed by atoms with van der Waals surface area (Å²) < 4.78 is 34.4. The summed E-state index contributed by atoms with van der Waals surface area (Å²) in [7, 11) is 1.39. The number of nitrogens with one attached hydrogen (secondary N) is 2. The summed E-state index contributed by atoms with van der Waals surface area (Å²) >= 11 is 1.27. The van der Waals surface area contributed by atoms with Gasteiger partial charge in [-0.1, -0.05) is 0 Å². The van der Waals surface area contributed by atoms with E-state index in [9.17, 15) is 13.6 Å². The fraction of sp³-hybridized carbons (Fsp3) is 0.375. The third-order valence-electron chi connectivity index (χ3n) is 4.60. The molecule has 126 valence electrons. The zero-order valence-corrected chi connectivity index (χ0v) is 13.9. The number of halogens is 2. The molecule has 3 aromatic rings. The molecule has 0 bridgehead atoms. The van der Waals surface area contributed by atoms with E-state index in [-0.39, 0.29) is 5.56 Å². The van der Waals surface area contributed by atoms with E-state index in [0.717, 1.165) is 10.4 Å². The van der Waals surface area contributed by atoms with Gasteiger partial charge in [-0.05, 0) is 18.6 Å². The molecule has 2 N–H and O–H groups in total. The van der Waals surface area contributed by atoms with E-state index in [1.165, 1.54) is 18.4 Å². The van der Waals surface area contributed by atoms with Crippen LogP contribution in [0.3, 0.4) is 0 Å². The lowest BCUT2D eigenvalue weighted by Crippen LogP contribution is -2.42. The summed E-state index contributed by atoms with van der Waals surface area (Å²) in [4.78, 5) is 16.1. The summed E-state index contributed by atoms with van der Waals surface area (Å²) in [6.07, 6.45) is 2.48. The van der Waals surface area contributed by atoms with Crippen molar-refractivity contribution in [3.8, 4) is 10.4 Å². The number of hydrogen-bond donors (Lipinski definition) is 2. The number of ether oxygens (including phenoxy) is 1. The number of nitrogens with zero attached hydrogens (tertiary/aromatic N) is 1. The number of aromatic amines is 2. The van der Waals surface area contributed by atoms with Gasteiger partial charge in [0.25, 0.3) is 11.5 Å². The molecule has 0 amide bonds. The van der Waals surface area contributed by atoms with Crippen LogP contribution in [0.15, 0.2) is 23.3 Å². The Bertz CT molecular complexity index is 977. The summed E-state index contributed by atoms with van der Waals surface area (Å²) in [5.41, 5.74) is 0.224. The van der Waals surface area contributed by atoms with Crippen molar-refractivity contribution in [3.63, 3.8) is 0 Å². The lowest BCUT2D eigenvalue weighted by molar-refractivity contribution is -0.115. The van der Waals surface area contributed by atoms with E-state index in [1.54, 1.807) is 25.4 Å². The van der Waals surface area contributed by atoms with Crippen molar-refractivity contribution in [2.75, 3.05) is 7.11 Å². The standard InChI is InChI=1S/C16H15F2N3O2S/c1-15(23-2)7-16(17,18)4-10-9-3-11(8-5-19-20-6-8)24-12(9)14(22)21-13(10)15/h3,5-6H,4,7H2,1-2H3,(H,19,20)(H,21,22). The van der Waals surface area contributed by atoms with Gasteiger partial charge >= 0.3 is 0 Å². The van der Waals surface area contributed by atoms with Gasteiger partial charge in [-0.3, -0.25) is 9.89 Å². The minimum atomic E-state index is -2.89. The maximum absolute atomic E-state index is 14.3. The van der Waals surface area contributed by atoms with Gasteiger partial charge in [0.05, 0.1) is 11.9 Å². The van der Waals surface area contributed by atoms with Crippen molar-refractivity contribution >= 4 is 21.4 Å². The highest BCUT2D eigenvalue weighted by Crippen LogP contribution is 2.46. The van der Waals surface area contributed by atoms with Crippen LogP contribution in [-0.2, 0) is 16.8 Å². The molecular formula is C16H15F2N3O2S. The molecule has 0 saturated carbocycles. The Balaban J connectivity index is 2.03. The van der Waals surface area contributed by atoms with Crippen LogP contribution in [0.25, 0.3) is 20.5 Å². The van der Waals surface area contributed by atoms with Crippen LogP contribution in [-0.4, -0.2) is 28.2 Å². The quantitative estimate of drug-likeness (QED) is 0.743. The number of fused-ring (bicyclic) bond motifs is 3. The number of thiophene rings is 1. The fourth-order valence-corrected chi connectivity index (χ4v) is 4.47. The van der Waals surface area contributed by atoms with Crippen LogP contribution in [0.5, 0.6) is 0 Å². The highest BCUT2D eigenvalue weighted by molar-refractivity contribution is 7.22. The van der Waals surface area contributed by atoms with Gasteiger partial charge in [0.2, 0.25) is 0 Å². The van der Waals surface area contributed by atoms with Gasteiger partial charge in [0.1, 0.15) is 10.3 Å². The van der Waals surface area contributed by atoms with E-state index >= 15 is 0 Å². The van der Waals surface area contributed by atoms with Crippen LogP contribution in [0.4, 0.5) is 8.78 Å². The maximum Gasteiger partial charge on any atom is 0.266 e. The zero-order valence-electron chi connectivity index (χ0n) is 13.1. The molecule has 0 aromatic carbocycles. The number of alkyl halides is 2. The third-order valence-corrected chi connectivity index (χ3v) is 5.78. The molecule has 0 aliphatic heterocycles. The second-order valence-electron chi connectivity index (χ2n) is 6.29. The van der Waals surface area contributed by atoms with Gasteiger partial charge < -0.3 is 9.72 Å². The Morgan fingerprint density at radius 3 is 2.88 bits per heavy atom. The molecule has 3 heterocycles. The molecule has 8 heteroatoms. The SMILES string of the molecule is COC1(C)CC(F)(F)Cc2c1[nH]c(=O)c1sc(-c3cn[nH]c3)cc21. The molecule has 1 aliphatic carbocycles. The van der Waals surface area contributed by atoms with E-state index in [2.05, 4.69) is 15.2 Å². The molecule has 0 saturated heterocycles. The molecule has 1 aliphatic rings. The van der Waals surface area contributed by atoms with Crippen LogP contribution < -0.4 is 5.56 Å².